The van der Waals surface area contributed by atoms with Gasteiger partial charge in [0.05, 0.1) is 10.7 Å². The SMILES string of the molecule is Cc1ccc(NC=C(C#N)c2nc(-c3ccc(Cl)cc3Cl)cs2)cc1F. The molecule has 0 radical (unpaired) electrons. The van der Waals surface area contributed by atoms with Crippen LogP contribution in [0.25, 0.3) is 16.8 Å². The zero-order valence-corrected chi connectivity index (χ0v) is 15.9. The lowest BCUT2D eigenvalue weighted by Crippen LogP contribution is -1.93. The van der Waals surface area contributed by atoms with Crippen molar-refractivity contribution in [3.8, 4) is 17.3 Å². The lowest BCUT2D eigenvalue weighted by Gasteiger charge is -2.03. The standard InChI is InChI=1S/C19H12Cl2FN3S/c1-11-2-4-14(7-17(11)22)24-9-12(8-23)19-25-18(10-26-19)15-5-3-13(20)6-16(15)21/h2-7,9-10,24H,1H3. The maximum absolute atomic E-state index is 13.6. The zero-order valence-electron chi connectivity index (χ0n) is 13.6. The van der Waals surface area contributed by atoms with Gasteiger partial charge in [-0.3, -0.25) is 0 Å². The Labute approximate surface area is 164 Å². The Morgan fingerprint density at radius 2 is 2.08 bits per heavy atom. The summed E-state index contributed by atoms with van der Waals surface area (Å²) in [6.07, 6.45) is 1.51. The lowest BCUT2D eigenvalue weighted by atomic mass is 10.2. The first-order chi connectivity index (χ1) is 12.5. The number of allylic oxidation sites excluding steroid dienone is 1. The van der Waals surface area contributed by atoms with E-state index >= 15 is 0 Å². The lowest BCUT2D eigenvalue weighted by molar-refractivity contribution is 0.619. The summed E-state index contributed by atoms with van der Waals surface area (Å²) in [6.45, 7) is 1.69. The summed E-state index contributed by atoms with van der Waals surface area (Å²) >= 11 is 13.4. The van der Waals surface area contributed by atoms with Gasteiger partial charge in [0.1, 0.15) is 22.5 Å². The van der Waals surface area contributed by atoms with Crippen LogP contribution in [0.4, 0.5) is 10.1 Å². The highest BCUT2D eigenvalue weighted by Gasteiger charge is 2.12. The van der Waals surface area contributed by atoms with Crippen LogP contribution < -0.4 is 5.32 Å². The van der Waals surface area contributed by atoms with E-state index in [1.54, 1.807) is 37.3 Å². The van der Waals surface area contributed by atoms with Gasteiger partial charge in [-0.05, 0) is 42.8 Å². The summed E-state index contributed by atoms with van der Waals surface area (Å²) in [4.78, 5) is 4.47. The van der Waals surface area contributed by atoms with Gasteiger partial charge in [-0.25, -0.2) is 9.37 Å². The minimum atomic E-state index is -0.309. The van der Waals surface area contributed by atoms with Crippen LogP contribution in [0, 0.1) is 24.1 Å². The van der Waals surface area contributed by atoms with E-state index in [2.05, 4.69) is 16.4 Å². The van der Waals surface area contributed by atoms with Crippen molar-refractivity contribution in [3.63, 3.8) is 0 Å². The molecular weight excluding hydrogens is 392 g/mol. The molecular formula is C19H12Cl2FN3S. The number of nitrogens with zero attached hydrogens (tertiary/aromatic N) is 2. The van der Waals surface area contributed by atoms with Crippen molar-refractivity contribution in [2.45, 2.75) is 6.92 Å². The second-order valence-corrected chi connectivity index (χ2v) is 7.14. The molecule has 2 aromatic carbocycles. The van der Waals surface area contributed by atoms with Crippen molar-refractivity contribution in [3.05, 3.63) is 74.4 Å². The number of nitrogens with one attached hydrogen (secondary N) is 1. The molecule has 0 fully saturated rings. The molecule has 0 saturated carbocycles. The summed E-state index contributed by atoms with van der Waals surface area (Å²) in [5.74, 6) is -0.309. The first-order valence-corrected chi connectivity index (χ1v) is 9.16. The van der Waals surface area contributed by atoms with Crippen molar-refractivity contribution in [1.82, 2.24) is 4.98 Å². The number of aromatic nitrogens is 1. The van der Waals surface area contributed by atoms with E-state index in [4.69, 9.17) is 23.2 Å². The van der Waals surface area contributed by atoms with E-state index in [-0.39, 0.29) is 5.82 Å². The predicted molar refractivity (Wildman–Crippen MR) is 106 cm³/mol. The average Bonchev–Trinajstić information content (AvgIpc) is 3.08. The average molecular weight is 404 g/mol. The Kier molecular flexibility index (Phi) is 5.58. The maximum atomic E-state index is 13.6. The van der Waals surface area contributed by atoms with E-state index in [0.29, 0.717) is 37.6 Å². The van der Waals surface area contributed by atoms with Crippen LogP contribution in [0.15, 0.2) is 48.0 Å². The van der Waals surface area contributed by atoms with Crippen LogP contribution in [0.2, 0.25) is 10.0 Å². The molecule has 0 spiro atoms. The number of hydrogen-bond acceptors (Lipinski definition) is 4. The molecule has 26 heavy (non-hydrogen) atoms. The summed E-state index contributed by atoms with van der Waals surface area (Å²) in [6, 6.07) is 12.0. The molecule has 1 N–H and O–H groups in total. The van der Waals surface area contributed by atoms with Gasteiger partial charge in [0.2, 0.25) is 0 Å². The van der Waals surface area contributed by atoms with Gasteiger partial charge in [0.25, 0.3) is 0 Å². The first kappa shape index (κ1) is 18.4. The molecule has 0 atom stereocenters. The molecule has 0 amide bonds. The first-order valence-electron chi connectivity index (χ1n) is 7.52. The van der Waals surface area contributed by atoms with E-state index in [1.165, 1.54) is 23.6 Å². The van der Waals surface area contributed by atoms with Crippen molar-refractivity contribution in [2.24, 2.45) is 0 Å². The normalized spacial score (nSPS) is 11.3. The van der Waals surface area contributed by atoms with Crippen LogP contribution in [0.3, 0.4) is 0 Å². The summed E-state index contributed by atoms with van der Waals surface area (Å²) < 4.78 is 13.6. The number of halogens is 3. The Bertz CT molecular complexity index is 1040. The van der Waals surface area contributed by atoms with E-state index in [0.717, 1.165) is 5.56 Å². The van der Waals surface area contributed by atoms with E-state index in [1.807, 2.05) is 5.38 Å². The largest absolute Gasteiger partial charge is 0.360 e. The van der Waals surface area contributed by atoms with Gasteiger partial charge < -0.3 is 5.32 Å². The van der Waals surface area contributed by atoms with Crippen molar-refractivity contribution < 1.29 is 4.39 Å². The van der Waals surface area contributed by atoms with Crippen LogP contribution in [-0.4, -0.2) is 4.98 Å². The van der Waals surface area contributed by atoms with Crippen LogP contribution >= 0.6 is 34.5 Å². The molecule has 3 nitrogen and oxygen atoms in total. The highest BCUT2D eigenvalue weighted by atomic mass is 35.5. The number of anilines is 1. The fourth-order valence-corrected chi connectivity index (χ4v) is 3.49. The monoisotopic (exact) mass is 403 g/mol. The van der Waals surface area contributed by atoms with Gasteiger partial charge >= 0.3 is 0 Å². The molecule has 1 heterocycles. The van der Waals surface area contributed by atoms with Crippen LogP contribution in [-0.2, 0) is 0 Å². The highest BCUT2D eigenvalue weighted by Crippen LogP contribution is 2.32. The Balaban J connectivity index is 1.86. The minimum Gasteiger partial charge on any atom is -0.360 e. The van der Waals surface area contributed by atoms with Gasteiger partial charge in [0, 0.05) is 27.9 Å². The van der Waals surface area contributed by atoms with Gasteiger partial charge in [-0.1, -0.05) is 29.3 Å². The number of nitriles is 1. The maximum Gasteiger partial charge on any atom is 0.136 e. The fraction of sp³-hybridized carbons (Fsp3) is 0.0526. The third-order valence-corrected chi connectivity index (χ3v) is 5.04. The van der Waals surface area contributed by atoms with Crippen molar-refractivity contribution >= 4 is 45.8 Å². The molecule has 0 aliphatic heterocycles. The van der Waals surface area contributed by atoms with Crippen molar-refractivity contribution in [2.75, 3.05) is 5.32 Å². The van der Waals surface area contributed by atoms with Crippen molar-refractivity contribution in [1.29, 1.82) is 5.26 Å². The zero-order chi connectivity index (χ0) is 18.7. The molecule has 0 bridgehead atoms. The second kappa shape index (κ2) is 7.88. The molecule has 0 unspecified atom stereocenters. The highest BCUT2D eigenvalue weighted by molar-refractivity contribution is 7.11. The summed E-state index contributed by atoms with van der Waals surface area (Å²) in [5, 5.41) is 15.7. The Morgan fingerprint density at radius 1 is 1.27 bits per heavy atom. The number of thiazole rings is 1. The third kappa shape index (κ3) is 4.05. The number of aryl methyl sites for hydroxylation is 1. The van der Waals surface area contributed by atoms with Crippen LogP contribution in [0.1, 0.15) is 10.6 Å². The third-order valence-electron chi connectivity index (χ3n) is 3.62. The fourth-order valence-electron chi connectivity index (χ4n) is 2.20. The van der Waals surface area contributed by atoms with E-state index < -0.39 is 0 Å². The summed E-state index contributed by atoms with van der Waals surface area (Å²) in [5.41, 5.74) is 2.86. The topological polar surface area (TPSA) is 48.7 Å². The summed E-state index contributed by atoms with van der Waals surface area (Å²) in [7, 11) is 0. The van der Waals surface area contributed by atoms with Gasteiger partial charge in [-0.2, -0.15) is 5.26 Å². The molecule has 0 saturated heterocycles. The smallest absolute Gasteiger partial charge is 0.136 e. The number of benzene rings is 2. The van der Waals surface area contributed by atoms with E-state index in [9.17, 15) is 9.65 Å². The predicted octanol–water partition coefficient (Wildman–Crippen LogP) is 6.54. The molecule has 7 heteroatoms. The number of hydrogen-bond donors (Lipinski definition) is 1. The second-order valence-electron chi connectivity index (χ2n) is 5.44. The molecule has 3 aromatic rings. The Hall–Kier alpha value is -2.39. The van der Waals surface area contributed by atoms with Gasteiger partial charge in [-0.15, -0.1) is 11.3 Å². The minimum absolute atomic E-state index is 0.309. The molecule has 1 aromatic heterocycles. The quantitative estimate of drug-likeness (QED) is 0.502. The number of rotatable bonds is 4. The van der Waals surface area contributed by atoms with Gasteiger partial charge in [0.15, 0.2) is 0 Å². The van der Waals surface area contributed by atoms with Crippen LogP contribution in [0.5, 0.6) is 0 Å². The Morgan fingerprint density at radius 3 is 2.77 bits per heavy atom. The molecule has 3 rings (SSSR count). The molecule has 130 valence electrons. The molecule has 0 aliphatic rings. The molecule has 0 aliphatic carbocycles.